The highest BCUT2D eigenvalue weighted by molar-refractivity contribution is 8.13. The number of ether oxygens (including phenoxy) is 2. The Kier molecular flexibility index (Phi) is 11.3. The molecule has 1 aliphatic heterocycles. The smallest absolute Gasteiger partial charge is 0.406 e. The third kappa shape index (κ3) is 8.80. The molecule has 17 heteroatoms. The molecule has 0 saturated carbocycles. The Bertz CT molecular complexity index is 1220. The highest BCUT2D eigenvalue weighted by Gasteiger charge is 2.39. The van der Waals surface area contributed by atoms with Crippen molar-refractivity contribution < 1.29 is 32.7 Å². The van der Waals surface area contributed by atoms with Gasteiger partial charge in [-0.2, -0.15) is 0 Å². The Morgan fingerprint density at radius 1 is 1.39 bits per heavy atom. The first-order valence-electron chi connectivity index (χ1n) is 11.6. The third-order valence-electron chi connectivity index (χ3n) is 5.37. The van der Waals surface area contributed by atoms with E-state index in [-0.39, 0.29) is 29.5 Å². The minimum Gasteiger partial charge on any atom is -0.468 e. The summed E-state index contributed by atoms with van der Waals surface area (Å²) in [5.74, 6) is -0.540. The predicted molar refractivity (Wildman–Crippen MR) is 139 cm³/mol. The van der Waals surface area contributed by atoms with Crippen LogP contribution in [0.1, 0.15) is 45.9 Å². The molecule has 0 aromatic carbocycles. The largest absolute Gasteiger partial charge is 0.468 e. The molecule has 0 aliphatic carbocycles. The predicted octanol–water partition coefficient (Wildman–Crippen LogP) is 2.41. The number of nitrogens with zero attached hydrogens (tertiary/aromatic N) is 4. The quantitative estimate of drug-likeness (QED) is 0.0923. The second-order valence-corrected chi connectivity index (χ2v) is 12.3. The van der Waals surface area contributed by atoms with Crippen LogP contribution in [-0.2, 0) is 32.7 Å². The van der Waals surface area contributed by atoms with Crippen molar-refractivity contribution in [2.45, 2.75) is 65.5 Å². The molecule has 1 fully saturated rings. The van der Waals surface area contributed by atoms with Crippen LogP contribution in [0.4, 0.5) is 0 Å². The Morgan fingerprint density at radius 3 is 2.68 bits per heavy atom. The summed E-state index contributed by atoms with van der Waals surface area (Å²) in [5.41, 5.74) is 7.44. The van der Waals surface area contributed by atoms with Gasteiger partial charge in [-0.25, -0.2) is 14.4 Å². The number of hydrogen-bond acceptors (Lipinski definition) is 11. The summed E-state index contributed by atoms with van der Waals surface area (Å²) in [6, 6.07) is -1.88. The van der Waals surface area contributed by atoms with Gasteiger partial charge in [-0.15, -0.1) is 0 Å². The molecule has 1 unspecified atom stereocenters. The van der Waals surface area contributed by atoms with E-state index in [1.807, 2.05) is 0 Å². The number of carbonyl (C=O) groups is 2. The number of aromatic amines is 1. The topological polar surface area (TPSA) is 204 Å². The molecule has 2 N–H and O–H groups in total. The van der Waals surface area contributed by atoms with Crippen molar-refractivity contribution >= 4 is 30.6 Å². The minimum absolute atomic E-state index is 0.0756. The van der Waals surface area contributed by atoms with Crippen LogP contribution < -0.4 is 16.3 Å². The summed E-state index contributed by atoms with van der Waals surface area (Å²) in [4.78, 5) is 53.0. The average Bonchev–Trinajstić information content (AvgIpc) is 3.24. The SMILES string of the molecule is COC(=O)[C@H](C)NP(=O)(OCCSC(=O)C(C)(C)C)OC[C@H]1O[C@@H](n2cc(C)c(=O)[nH]c2=O)C[C@@H]1N=[N+]=[N-]. The van der Waals surface area contributed by atoms with Gasteiger partial charge in [-0.1, -0.05) is 37.6 Å². The summed E-state index contributed by atoms with van der Waals surface area (Å²) in [6.45, 7) is 7.69. The van der Waals surface area contributed by atoms with Crippen LogP contribution in [-0.4, -0.2) is 64.9 Å². The third-order valence-corrected chi connectivity index (χ3v) is 8.33. The van der Waals surface area contributed by atoms with E-state index in [9.17, 15) is 23.7 Å². The van der Waals surface area contributed by atoms with Crippen LogP contribution in [0.15, 0.2) is 20.9 Å². The van der Waals surface area contributed by atoms with Crippen molar-refractivity contribution in [3.8, 4) is 0 Å². The van der Waals surface area contributed by atoms with Crippen molar-refractivity contribution in [1.29, 1.82) is 0 Å². The number of hydrogen-bond donors (Lipinski definition) is 2. The molecule has 1 saturated heterocycles. The lowest BCUT2D eigenvalue weighted by molar-refractivity contribution is -0.142. The fraction of sp³-hybridized carbons (Fsp3) is 0.714. The molecule has 2 heterocycles. The molecule has 1 aromatic heterocycles. The number of H-pyrrole nitrogens is 1. The van der Waals surface area contributed by atoms with E-state index in [0.29, 0.717) is 0 Å². The monoisotopic (exact) mass is 576 g/mol. The Balaban J connectivity index is 2.16. The maximum Gasteiger partial charge on any atom is 0.406 e. The van der Waals surface area contributed by atoms with Crippen molar-refractivity contribution in [2.75, 3.05) is 26.1 Å². The molecule has 15 nitrogen and oxygen atoms in total. The molecule has 5 atom stereocenters. The van der Waals surface area contributed by atoms with Gasteiger partial charge in [0.15, 0.2) is 5.12 Å². The van der Waals surface area contributed by atoms with Gasteiger partial charge in [0.05, 0.1) is 32.5 Å². The first kappa shape index (κ1) is 31.8. The van der Waals surface area contributed by atoms with Crippen molar-refractivity contribution in [3.05, 3.63) is 43.0 Å². The van der Waals surface area contributed by atoms with Crippen LogP contribution in [0.2, 0.25) is 0 Å². The van der Waals surface area contributed by atoms with Crippen molar-refractivity contribution in [2.24, 2.45) is 10.5 Å². The molecule has 0 amide bonds. The van der Waals surface area contributed by atoms with Gasteiger partial charge in [0.2, 0.25) is 0 Å². The van der Waals surface area contributed by atoms with E-state index in [1.54, 1.807) is 20.8 Å². The fourth-order valence-corrected chi connectivity index (χ4v) is 5.67. The van der Waals surface area contributed by atoms with E-state index >= 15 is 0 Å². The Hall–Kier alpha value is -2.45. The van der Waals surface area contributed by atoms with Gasteiger partial charge in [0, 0.05) is 34.3 Å². The zero-order chi connectivity index (χ0) is 28.7. The van der Waals surface area contributed by atoms with Gasteiger partial charge in [0.25, 0.3) is 5.56 Å². The highest BCUT2D eigenvalue weighted by atomic mass is 32.2. The number of esters is 1. The Labute approximate surface area is 223 Å². The second-order valence-electron chi connectivity index (χ2n) is 9.50. The molecule has 212 valence electrons. The zero-order valence-corrected chi connectivity index (χ0v) is 23.7. The number of nitrogens with one attached hydrogen (secondary N) is 2. The fourth-order valence-electron chi connectivity index (χ4n) is 3.28. The second kappa shape index (κ2) is 13.6. The van der Waals surface area contributed by atoms with E-state index in [4.69, 9.17) is 19.3 Å². The summed E-state index contributed by atoms with van der Waals surface area (Å²) >= 11 is 1.01. The van der Waals surface area contributed by atoms with Crippen LogP contribution in [0.5, 0.6) is 0 Å². The summed E-state index contributed by atoms with van der Waals surface area (Å²) < 4.78 is 36.2. The summed E-state index contributed by atoms with van der Waals surface area (Å²) in [7, 11) is -3.00. The summed E-state index contributed by atoms with van der Waals surface area (Å²) in [5, 5.41) is 6.10. The maximum absolute atomic E-state index is 13.5. The normalized spacial score (nSPS) is 21.8. The van der Waals surface area contributed by atoms with Gasteiger partial charge in [-0.05, 0) is 19.4 Å². The standard InChI is InChI=1S/C21H33N6O9PS/c1-12-10-27(20(31)23-17(12)28)16-9-14(24-26-22)15(36-16)11-35-37(32,25-13(2)18(29)33-6)34-7-8-38-19(30)21(3,4)5/h10,13-16H,7-9,11H2,1-6H3,(H,25,32)(H,23,28,31)/t13-,14-,15+,16+,37?/m0/s1. The first-order chi connectivity index (χ1) is 17.7. The maximum atomic E-state index is 13.5. The van der Waals surface area contributed by atoms with Gasteiger partial charge in [-0.3, -0.25) is 33.0 Å². The van der Waals surface area contributed by atoms with E-state index < -0.39 is 61.4 Å². The summed E-state index contributed by atoms with van der Waals surface area (Å²) in [6.07, 6.45) is -0.443. The van der Waals surface area contributed by atoms with E-state index in [2.05, 4.69) is 24.8 Å². The lowest BCUT2D eigenvalue weighted by atomic mass is 10.00. The zero-order valence-electron chi connectivity index (χ0n) is 22.0. The molecule has 2 rings (SSSR count). The number of carbonyl (C=O) groups excluding carboxylic acids is 2. The highest BCUT2D eigenvalue weighted by Crippen LogP contribution is 2.46. The minimum atomic E-state index is -4.16. The molecular weight excluding hydrogens is 543 g/mol. The first-order valence-corrected chi connectivity index (χ1v) is 14.2. The molecular formula is C21H33N6O9PS. The van der Waals surface area contributed by atoms with E-state index in [0.717, 1.165) is 16.3 Å². The van der Waals surface area contributed by atoms with Gasteiger partial charge < -0.3 is 9.47 Å². The number of aryl methyl sites for hydroxylation is 1. The van der Waals surface area contributed by atoms with Crippen molar-refractivity contribution in [3.63, 3.8) is 0 Å². The van der Waals surface area contributed by atoms with Gasteiger partial charge >= 0.3 is 19.4 Å². The van der Waals surface area contributed by atoms with E-state index in [1.165, 1.54) is 27.2 Å². The average molecular weight is 577 g/mol. The molecule has 38 heavy (non-hydrogen) atoms. The van der Waals surface area contributed by atoms with Crippen LogP contribution in [0.25, 0.3) is 10.4 Å². The molecule has 0 bridgehead atoms. The molecule has 1 aromatic rings. The number of rotatable bonds is 12. The van der Waals surface area contributed by atoms with Gasteiger partial charge in [0.1, 0.15) is 12.3 Å². The number of methoxy groups -OCH3 is 1. The number of azide groups is 1. The number of aromatic nitrogens is 2. The number of thioether (sulfide) groups is 1. The molecule has 0 spiro atoms. The lowest BCUT2D eigenvalue weighted by Crippen LogP contribution is -2.35. The van der Waals surface area contributed by atoms with Crippen LogP contribution in [0, 0.1) is 12.3 Å². The van der Waals surface area contributed by atoms with Crippen LogP contribution in [0.3, 0.4) is 0 Å². The van der Waals surface area contributed by atoms with Crippen molar-refractivity contribution in [1.82, 2.24) is 14.6 Å². The molecule has 0 radical (unpaired) electrons. The molecule has 1 aliphatic rings. The van der Waals surface area contributed by atoms with Crippen LogP contribution >= 0.6 is 19.5 Å². The Morgan fingerprint density at radius 2 is 2.08 bits per heavy atom. The lowest BCUT2D eigenvalue weighted by Gasteiger charge is -2.24.